The molecular weight excluding hydrogens is 160 g/mol. The van der Waals surface area contributed by atoms with Crippen LogP contribution in [0.3, 0.4) is 0 Å². The predicted octanol–water partition coefficient (Wildman–Crippen LogP) is 0.298. The Morgan fingerprint density at radius 3 is 2.75 bits per heavy atom. The summed E-state index contributed by atoms with van der Waals surface area (Å²) in [6.07, 6.45) is 0.122. The minimum atomic E-state index is -0.583. The van der Waals surface area contributed by atoms with Crippen molar-refractivity contribution < 1.29 is 9.26 Å². The van der Waals surface area contributed by atoms with Crippen molar-refractivity contribution in [1.29, 1.82) is 0 Å². The summed E-state index contributed by atoms with van der Waals surface area (Å²) in [5.74, 6) is -0.0754. The summed E-state index contributed by atoms with van der Waals surface area (Å²) < 4.78 is 11.2. The highest BCUT2D eigenvalue weighted by Crippen LogP contribution is 1.96. The first-order chi connectivity index (χ1) is 5.59. The zero-order chi connectivity index (χ0) is 9.14. The average Bonchev–Trinajstić information content (AvgIpc) is 2.26. The van der Waals surface area contributed by atoms with Crippen LogP contribution in [0.5, 0.6) is 0 Å². The smallest absolute Gasteiger partial charge is 0.371 e. The lowest BCUT2D eigenvalue weighted by Crippen LogP contribution is -2.06. The van der Waals surface area contributed by atoms with Crippen LogP contribution in [0.25, 0.3) is 0 Å². The highest BCUT2D eigenvalue weighted by atomic mass is 16.5. The van der Waals surface area contributed by atoms with Crippen LogP contribution in [0.15, 0.2) is 9.32 Å². The molecule has 0 N–H and O–H groups in total. The number of rotatable bonds is 3. The molecule has 5 nitrogen and oxygen atoms in total. The van der Waals surface area contributed by atoms with Crippen molar-refractivity contribution in [2.75, 3.05) is 0 Å². The van der Waals surface area contributed by atoms with Gasteiger partial charge < -0.3 is 9.26 Å². The first-order valence-electron chi connectivity index (χ1n) is 3.74. The quantitative estimate of drug-likeness (QED) is 0.657. The average molecular weight is 172 g/mol. The summed E-state index contributed by atoms with van der Waals surface area (Å²) in [7, 11) is 1.62. The summed E-state index contributed by atoms with van der Waals surface area (Å²) in [5.41, 5.74) is 0. The van der Waals surface area contributed by atoms with Gasteiger partial charge >= 0.3 is 5.76 Å². The van der Waals surface area contributed by atoms with Crippen LogP contribution < -0.4 is 5.76 Å². The second kappa shape index (κ2) is 3.53. The minimum Gasteiger partial charge on any atom is -0.371 e. The molecule has 1 rings (SSSR count). The molecule has 0 spiro atoms. The van der Waals surface area contributed by atoms with Gasteiger partial charge in [-0.25, -0.2) is 4.79 Å². The fourth-order valence-electron chi connectivity index (χ4n) is 0.730. The van der Waals surface area contributed by atoms with Gasteiger partial charge in [0.1, 0.15) is 6.61 Å². The molecule has 0 radical (unpaired) electrons. The molecule has 0 aliphatic heterocycles. The van der Waals surface area contributed by atoms with Crippen molar-refractivity contribution in [3.8, 4) is 0 Å². The Kier molecular flexibility index (Phi) is 2.65. The van der Waals surface area contributed by atoms with E-state index in [1.54, 1.807) is 7.05 Å². The van der Waals surface area contributed by atoms with Gasteiger partial charge in [-0.2, -0.15) is 9.72 Å². The van der Waals surface area contributed by atoms with Gasteiger partial charge in [-0.05, 0) is 13.8 Å². The Morgan fingerprint density at radius 1 is 1.67 bits per heavy atom. The van der Waals surface area contributed by atoms with E-state index in [0.717, 1.165) is 0 Å². The Labute approximate surface area is 69.9 Å². The highest BCUT2D eigenvalue weighted by molar-refractivity contribution is 4.77. The molecule has 0 aliphatic carbocycles. The Hall–Kier alpha value is -1.10. The van der Waals surface area contributed by atoms with Crippen LogP contribution >= 0.6 is 0 Å². The molecule has 0 saturated heterocycles. The SMILES string of the molecule is CC(C)OCc1nc(=O)on1C. The van der Waals surface area contributed by atoms with E-state index in [2.05, 4.69) is 9.51 Å². The first kappa shape index (κ1) is 8.99. The fourth-order valence-corrected chi connectivity index (χ4v) is 0.730. The van der Waals surface area contributed by atoms with Crippen LogP contribution in [0.2, 0.25) is 0 Å². The number of hydrogen-bond acceptors (Lipinski definition) is 4. The first-order valence-corrected chi connectivity index (χ1v) is 3.74. The van der Waals surface area contributed by atoms with Gasteiger partial charge in [-0.15, -0.1) is 0 Å². The van der Waals surface area contributed by atoms with Crippen molar-refractivity contribution in [3.63, 3.8) is 0 Å². The maximum Gasteiger partial charge on any atom is 0.459 e. The summed E-state index contributed by atoms with van der Waals surface area (Å²) in [5, 5.41) is 0. The largest absolute Gasteiger partial charge is 0.459 e. The topological polar surface area (TPSA) is 57.3 Å². The maximum atomic E-state index is 10.6. The van der Waals surface area contributed by atoms with Crippen LogP contribution in [0.1, 0.15) is 19.7 Å². The standard InChI is InChI=1S/C7H12N2O3/c1-5(2)11-4-6-8-7(10)12-9(6)3/h5H,4H2,1-3H3. The normalized spacial score (nSPS) is 11.0. The highest BCUT2D eigenvalue weighted by Gasteiger charge is 2.05. The molecule has 0 bridgehead atoms. The van der Waals surface area contributed by atoms with Gasteiger partial charge in [-0.1, -0.05) is 0 Å². The van der Waals surface area contributed by atoms with E-state index in [4.69, 9.17) is 4.74 Å². The molecule has 1 heterocycles. The van der Waals surface area contributed by atoms with Gasteiger partial charge in [0.05, 0.1) is 6.10 Å². The molecule has 0 unspecified atom stereocenters. The number of aromatic nitrogens is 2. The van der Waals surface area contributed by atoms with Crippen LogP contribution in [-0.4, -0.2) is 15.8 Å². The number of ether oxygens (including phenoxy) is 1. The van der Waals surface area contributed by atoms with E-state index in [0.29, 0.717) is 12.4 Å². The van der Waals surface area contributed by atoms with Crippen LogP contribution in [0.4, 0.5) is 0 Å². The molecule has 0 aliphatic rings. The Morgan fingerprint density at radius 2 is 2.33 bits per heavy atom. The monoisotopic (exact) mass is 172 g/mol. The summed E-state index contributed by atoms with van der Waals surface area (Å²) in [4.78, 5) is 14.2. The van der Waals surface area contributed by atoms with E-state index >= 15 is 0 Å². The fraction of sp³-hybridized carbons (Fsp3) is 0.714. The molecule has 5 heteroatoms. The van der Waals surface area contributed by atoms with Gasteiger partial charge in [-0.3, -0.25) is 0 Å². The van der Waals surface area contributed by atoms with Gasteiger partial charge in [0.15, 0.2) is 5.82 Å². The second-order valence-electron chi connectivity index (χ2n) is 2.74. The van der Waals surface area contributed by atoms with E-state index in [1.807, 2.05) is 13.8 Å². The molecule has 0 saturated carbocycles. The van der Waals surface area contributed by atoms with E-state index in [-0.39, 0.29) is 6.10 Å². The van der Waals surface area contributed by atoms with E-state index in [9.17, 15) is 4.79 Å². The summed E-state index contributed by atoms with van der Waals surface area (Å²) in [6, 6.07) is 0. The number of nitrogens with zero attached hydrogens (tertiary/aromatic N) is 2. The molecule has 68 valence electrons. The van der Waals surface area contributed by atoms with Crippen molar-refractivity contribution in [2.24, 2.45) is 7.05 Å². The lowest BCUT2D eigenvalue weighted by molar-refractivity contribution is 0.0560. The summed E-state index contributed by atoms with van der Waals surface area (Å²) >= 11 is 0. The lowest BCUT2D eigenvalue weighted by atomic mass is 10.5. The third-order valence-corrected chi connectivity index (χ3v) is 1.34. The van der Waals surface area contributed by atoms with E-state index < -0.39 is 5.76 Å². The molecule has 0 atom stereocenters. The molecule has 1 aromatic rings. The zero-order valence-corrected chi connectivity index (χ0v) is 7.40. The third kappa shape index (κ3) is 2.20. The lowest BCUT2D eigenvalue weighted by Gasteiger charge is -2.04. The zero-order valence-electron chi connectivity index (χ0n) is 7.40. The number of aryl methyl sites for hydroxylation is 1. The Balaban J connectivity index is 2.63. The molecule has 0 amide bonds. The van der Waals surface area contributed by atoms with Gasteiger partial charge in [0.2, 0.25) is 0 Å². The minimum absolute atomic E-state index is 0.122. The Bertz CT molecular complexity index is 300. The number of hydrogen-bond donors (Lipinski definition) is 0. The molecule has 0 aromatic carbocycles. The van der Waals surface area contributed by atoms with Crippen molar-refractivity contribution >= 4 is 0 Å². The van der Waals surface area contributed by atoms with Crippen LogP contribution in [0, 0.1) is 0 Å². The van der Waals surface area contributed by atoms with Crippen molar-refractivity contribution in [1.82, 2.24) is 9.72 Å². The van der Waals surface area contributed by atoms with Crippen molar-refractivity contribution in [2.45, 2.75) is 26.6 Å². The van der Waals surface area contributed by atoms with Crippen LogP contribution in [-0.2, 0) is 18.4 Å². The predicted molar refractivity (Wildman–Crippen MR) is 41.7 cm³/mol. The van der Waals surface area contributed by atoms with Gasteiger partial charge in [0, 0.05) is 7.05 Å². The van der Waals surface area contributed by atoms with E-state index in [1.165, 1.54) is 4.74 Å². The summed E-state index contributed by atoms with van der Waals surface area (Å²) in [6.45, 7) is 4.14. The second-order valence-corrected chi connectivity index (χ2v) is 2.74. The molecule has 0 fully saturated rings. The molecular formula is C7H12N2O3. The molecule has 12 heavy (non-hydrogen) atoms. The maximum absolute atomic E-state index is 10.6. The van der Waals surface area contributed by atoms with Gasteiger partial charge in [0.25, 0.3) is 0 Å². The van der Waals surface area contributed by atoms with Crippen molar-refractivity contribution in [3.05, 3.63) is 16.4 Å². The molecule has 1 aromatic heterocycles. The third-order valence-electron chi connectivity index (χ3n) is 1.34.